The largest absolute Gasteiger partial charge is 0.359 e. The molecule has 0 unspecified atom stereocenters. The van der Waals surface area contributed by atoms with Crippen molar-refractivity contribution in [3.05, 3.63) is 12.3 Å². The highest BCUT2D eigenvalue weighted by Gasteiger charge is 2.03. The van der Waals surface area contributed by atoms with E-state index in [-0.39, 0.29) is 11.4 Å². The summed E-state index contributed by atoms with van der Waals surface area (Å²) < 4.78 is 0. The molecule has 0 spiro atoms. The minimum atomic E-state index is -0.230. The van der Waals surface area contributed by atoms with E-state index < -0.39 is 0 Å². The summed E-state index contributed by atoms with van der Waals surface area (Å²) in [6, 6.07) is -0.230. The van der Waals surface area contributed by atoms with Gasteiger partial charge in [-0.3, -0.25) is 4.79 Å². The molecule has 0 aliphatic heterocycles. The fraction of sp³-hybridized carbons (Fsp3) is 0.636. The van der Waals surface area contributed by atoms with Crippen molar-refractivity contribution in [3.8, 4) is 0 Å². The van der Waals surface area contributed by atoms with Gasteiger partial charge in [-0.2, -0.15) is 0 Å². The number of hydrogen-bond acceptors (Lipinski definition) is 2. The Bertz CT molecular complexity index is 244. The summed E-state index contributed by atoms with van der Waals surface area (Å²) in [5.41, 5.74) is 0.0567. The van der Waals surface area contributed by atoms with Gasteiger partial charge < -0.3 is 16.0 Å². The molecular formula is C11H21N3O2. The Hall–Kier alpha value is -1.52. The van der Waals surface area contributed by atoms with Gasteiger partial charge in [-0.05, 0) is 11.8 Å². The number of carbonyl (C=O) groups is 2. The van der Waals surface area contributed by atoms with Crippen molar-refractivity contribution >= 4 is 12.4 Å². The van der Waals surface area contributed by atoms with E-state index in [1.165, 1.54) is 0 Å². The monoisotopic (exact) mass is 227 g/mol. The van der Waals surface area contributed by atoms with Crippen LogP contribution in [0.1, 0.15) is 27.2 Å². The van der Waals surface area contributed by atoms with Gasteiger partial charge in [0.15, 0.2) is 0 Å². The summed E-state index contributed by atoms with van der Waals surface area (Å²) in [4.78, 5) is 21.1. The zero-order valence-electron chi connectivity index (χ0n) is 10.2. The lowest BCUT2D eigenvalue weighted by molar-refractivity contribution is -0.109. The molecule has 0 radical (unpaired) electrons. The van der Waals surface area contributed by atoms with Crippen LogP contribution in [0.3, 0.4) is 0 Å². The van der Waals surface area contributed by atoms with Gasteiger partial charge in [-0.1, -0.05) is 26.8 Å². The third kappa shape index (κ3) is 10.6. The number of hydrogen-bond donors (Lipinski definition) is 3. The molecule has 0 aliphatic rings. The lowest BCUT2D eigenvalue weighted by Crippen LogP contribution is -2.34. The Morgan fingerprint density at radius 3 is 2.50 bits per heavy atom. The topological polar surface area (TPSA) is 70.2 Å². The van der Waals surface area contributed by atoms with Crippen LogP contribution in [0.2, 0.25) is 0 Å². The van der Waals surface area contributed by atoms with Gasteiger partial charge in [0.1, 0.15) is 0 Å². The molecule has 0 saturated heterocycles. The van der Waals surface area contributed by atoms with Gasteiger partial charge in [0.05, 0.1) is 0 Å². The molecule has 3 amide bonds. The van der Waals surface area contributed by atoms with Crippen molar-refractivity contribution in [2.24, 2.45) is 5.41 Å². The smallest absolute Gasteiger partial charge is 0.318 e. The Morgan fingerprint density at radius 1 is 1.25 bits per heavy atom. The molecular weight excluding hydrogens is 206 g/mol. The van der Waals surface area contributed by atoms with Gasteiger partial charge in [-0.15, -0.1) is 0 Å². The lowest BCUT2D eigenvalue weighted by Gasteiger charge is -2.11. The van der Waals surface area contributed by atoms with Crippen LogP contribution in [0.4, 0.5) is 4.79 Å². The van der Waals surface area contributed by atoms with Crippen molar-refractivity contribution < 1.29 is 9.59 Å². The molecule has 0 aliphatic carbocycles. The molecule has 0 bridgehead atoms. The Morgan fingerprint density at radius 2 is 1.94 bits per heavy atom. The Balaban J connectivity index is 3.52. The maximum atomic E-state index is 11.2. The van der Waals surface area contributed by atoms with Gasteiger partial charge in [0.25, 0.3) is 0 Å². The first-order chi connectivity index (χ1) is 7.45. The number of urea groups is 1. The molecule has 5 heteroatoms. The first-order valence-corrected chi connectivity index (χ1v) is 5.35. The van der Waals surface area contributed by atoms with Crippen molar-refractivity contribution in [1.82, 2.24) is 16.0 Å². The molecule has 0 saturated carbocycles. The molecule has 0 rings (SSSR count). The van der Waals surface area contributed by atoms with E-state index in [0.29, 0.717) is 19.5 Å². The molecule has 0 aromatic heterocycles. The van der Waals surface area contributed by atoms with Crippen molar-refractivity contribution in [2.45, 2.75) is 27.2 Å². The van der Waals surface area contributed by atoms with Crippen molar-refractivity contribution in [2.75, 3.05) is 13.1 Å². The van der Waals surface area contributed by atoms with E-state index in [4.69, 9.17) is 0 Å². The van der Waals surface area contributed by atoms with E-state index in [2.05, 4.69) is 16.0 Å². The Kier molecular flexibility index (Phi) is 7.00. The number of rotatable bonds is 6. The van der Waals surface area contributed by atoms with Crippen LogP contribution < -0.4 is 16.0 Å². The summed E-state index contributed by atoms with van der Waals surface area (Å²) in [7, 11) is 0. The van der Waals surface area contributed by atoms with Gasteiger partial charge in [0.2, 0.25) is 6.41 Å². The van der Waals surface area contributed by atoms with E-state index in [1.807, 2.05) is 26.8 Å². The number of amides is 3. The molecule has 0 atom stereocenters. The molecule has 0 aromatic rings. The predicted octanol–water partition coefficient (Wildman–Crippen LogP) is 0.982. The summed E-state index contributed by atoms with van der Waals surface area (Å²) in [6.07, 6.45) is 4.92. The summed E-state index contributed by atoms with van der Waals surface area (Å²) in [5.74, 6) is 0. The van der Waals surface area contributed by atoms with E-state index >= 15 is 0 Å². The maximum Gasteiger partial charge on any atom is 0.318 e. The number of allylic oxidation sites excluding steroid dienone is 1. The zero-order chi connectivity index (χ0) is 12.4. The molecule has 92 valence electrons. The second-order valence-corrected chi connectivity index (χ2v) is 4.53. The highest BCUT2D eigenvalue weighted by Crippen LogP contribution is 2.13. The minimum Gasteiger partial charge on any atom is -0.359 e. The van der Waals surface area contributed by atoms with Gasteiger partial charge in [-0.25, -0.2) is 4.79 Å². The molecule has 16 heavy (non-hydrogen) atoms. The highest BCUT2D eigenvalue weighted by molar-refractivity contribution is 5.74. The van der Waals surface area contributed by atoms with Gasteiger partial charge in [0, 0.05) is 19.3 Å². The average molecular weight is 227 g/mol. The predicted molar refractivity (Wildman–Crippen MR) is 63.8 cm³/mol. The van der Waals surface area contributed by atoms with Crippen LogP contribution in [0.25, 0.3) is 0 Å². The molecule has 0 heterocycles. The number of carbonyl (C=O) groups excluding carboxylic acids is 2. The van der Waals surface area contributed by atoms with E-state index in [0.717, 1.165) is 6.42 Å². The number of nitrogens with one attached hydrogen (secondary N) is 3. The van der Waals surface area contributed by atoms with Crippen LogP contribution in [0.15, 0.2) is 12.3 Å². The van der Waals surface area contributed by atoms with Crippen LogP contribution in [0, 0.1) is 5.41 Å². The highest BCUT2D eigenvalue weighted by atomic mass is 16.2. The van der Waals surface area contributed by atoms with E-state index in [1.54, 1.807) is 6.20 Å². The first-order valence-electron chi connectivity index (χ1n) is 5.35. The zero-order valence-corrected chi connectivity index (χ0v) is 10.2. The fourth-order valence-electron chi connectivity index (χ4n) is 0.870. The Labute approximate surface area is 96.7 Å². The quantitative estimate of drug-likeness (QED) is 0.467. The van der Waals surface area contributed by atoms with Crippen LogP contribution in [-0.2, 0) is 4.79 Å². The molecule has 0 fully saturated rings. The minimum absolute atomic E-state index is 0.0567. The standard InChI is InChI=1S/C11H21N3O2/c1-11(2,3)5-8-14-10(16)13-7-4-6-12-9-15/h5,8-9H,4,6-7H2,1-3H3,(H,12,15)(H2,13,14,16)/b8-5+. The molecule has 5 nitrogen and oxygen atoms in total. The summed E-state index contributed by atoms with van der Waals surface area (Å²) >= 11 is 0. The lowest BCUT2D eigenvalue weighted by atomic mass is 9.97. The average Bonchev–Trinajstić information content (AvgIpc) is 2.15. The van der Waals surface area contributed by atoms with Crippen LogP contribution in [0.5, 0.6) is 0 Å². The third-order valence-electron chi connectivity index (χ3n) is 1.66. The van der Waals surface area contributed by atoms with Crippen LogP contribution in [-0.4, -0.2) is 25.5 Å². The third-order valence-corrected chi connectivity index (χ3v) is 1.66. The first kappa shape index (κ1) is 14.5. The van der Waals surface area contributed by atoms with Crippen LogP contribution >= 0.6 is 0 Å². The molecule has 3 N–H and O–H groups in total. The van der Waals surface area contributed by atoms with Crippen molar-refractivity contribution in [3.63, 3.8) is 0 Å². The summed E-state index contributed by atoms with van der Waals surface area (Å²) in [6.45, 7) is 7.26. The second kappa shape index (κ2) is 7.73. The van der Waals surface area contributed by atoms with E-state index in [9.17, 15) is 9.59 Å². The maximum absolute atomic E-state index is 11.2. The fourth-order valence-corrected chi connectivity index (χ4v) is 0.870. The summed E-state index contributed by atoms with van der Waals surface area (Å²) in [5, 5.41) is 7.80. The SMILES string of the molecule is CC(C)(C)/C=C/NC(=O)NCCCNC=O. The molecule has 0 aromatic carbocycles. The normalized spacial score (nSPS) is 11.2. The second-order valence-electron chi connectivity index (χ2n) is 4.53. The van der Waals surface area contributed by atoms with Gasteiger partial charge >= 0.3 is 6.03 Å². The van der Waals surface area contributed by atoms with Crippen molar-refractivity contribution in [1.29, 1.82) is 0 Å².